The number of ether oxygens (including phenoxy) is 1. The number of fused-ring (bicyclic) bond motifs is 1. The molecule has 3 nitrogen and oxygen atoms in total. The monoisotopic (exact) mass is 250 g/mol. The minimum atomic E-state index is 0.566. The normalized spacial score (nSPS) is 25.5. The summed E-state index contributed by atoms with van der Waals surface area (Å²) in [5.74, 6) is 1.19. The first-order valence-electron chi connectivity index (χ1n) is 6.18. The molecule has 4 heteroatoms. The van der Waals surface area contributed by atoms with Crippen LogP contribution < -0.4 is 5.73 Å². The maximum atomic E-state index is 5.86. The molecule has 0 aliphatic carbocycles. The van der Waals surface area contributed by atoms with E-state index in [1.807, 2.05) is 17.8 Å². The van der Waals surface area contributed by atoms with E-state index in [1.165, 1.54) is 22.6 Å². The van der Waals surface area contributed by atoms with Crippen LogP contribution in [0.25, 0.3) is 0 Å². The van der Waals surface area contributed by atoms with Gasteiger partial charge in [-0.3, -0.25) is 4.90 Å². The van der Waals surface area contributed by atoms with Gasteiger partial charge in [-0.15, -0.1) is 11.8 Å². The Labute approximate surface area is 106 Å². The lowest BCUT2D eigenvalue weighted by Gasteiger charge is -2.37. The van der Waals surface area contributed by atoms with Crippen LogP contribution in [0.2, 0.25) is 0 Å². The van der Waals surface area contributed by atoms with Gasteiger partial charge in [0.05, 0.1) is 13.2 Å². The molecular weight excluding hydrogens is 232 g/mol. The summed E-state index contributed by atoms with van der Waals surface area (Å²) in [5, 5.41) is 0. The molecule has 0 bridgehead atoms. The maximum absolute atomic E-state index is 5.86. The van der Waals surface area contributed by atoms with Gasteiger partial charge >= 0.3 is 0 Å². The van der Waals surface area contributed by atoms with E-state index in [2.05, 4.69) is 17.0 Å². The Morgan fingerprint density at radius 3 is 2.94 bits per heavy atom. The quantitative estimate of drug-likeness (QED) is 0.775. The molecule has 0 saturated carbocycles. The van der Waals surface area contributed by atoms with E-state index >= 15 is 0 Å². The van der Waals surface area contributed by atoms with E-state index in [4.69, 9.17) is 10.5 Å². The molecule has 3 rings (SSSR count). The summed E-state index contributed by atoms with van der Waals surface area (Å²) in [7, 11) is 0. The topological polar surface area (TPSA) is 38.5 Å². The molecule has 1 saturated heterocycles. The number of hydrogen-bond acceptors (Lipinski definition) is 4. The van der Waals surface area contributed by atoms with Crippen molar-refractivity contribution in [3.8, 4) is 0 Å². The van der Waals surface area contributed by atoms with Gasteiger partial charge in [-0.25, -0.2) is 0 Å². The molecule has 1 aromatic carbocycles. The van der Waals surface area contributed by atoms with Crippen molar-refractivity contribution < 1.29 is 4.74 Å². The molecule has 2 heterocycles. The largest absolute Gasteiger partial charge is 0.399 e. The fourth-order valence-electron chi connectivity index (χ4n) is 2.66. The zero-order valence-corrected chi connectivity index (χ0v) is 10.7. The second kappa shape index (κ2) is 4.88. The molecule has 0 spiro atoms. The van der Waals surface area contributed by atoms with E-state index < -0.39 is 0 Å². The molecule has 2 N–H and O–H groups in total. The Hall–Kier alpha value is -0.710. The summed E-state index contributed by atoms with van der Waals surface area (Å²) >= 11 is 1.93. The van der Waals surface area contributed by atoms with Crippen molar-refractivity contribution in [1.82, 2.24) is 4.90 Å². The fraction of sp³-hybridized carbons (Fsp3) is 0.538. The molecule has 0 amide bonds. The van der Waals surface area contributed by atoms with Crippen LogP contribution in [0.4, 0.5) is 5.69 Å². The number of nitrogens with two attached hydrogens (primary N) is 1. The number of rotatable bonds is 1. The second-order valence-electron chi connectivity index (χ2n) is 4.60. The Morgan fingerprint density at radius 1 is 1.29 bits per heavy atom. The third kappa shape index (κ3) is 2.30. The molecule has 1 aromatic rings. The summed E-state index contributed by atoms with van der Waals surface area (Å²) in [5.41, 5.74) is 8.19. The zero-order chi connectivity index (χ0) is 11.7. The summed E-state index contributed by atoms with van der Waals surface area (Å²) < 4.78 is 5.43. The Morgan fingerprint density at radius 2 is 2.12 bits per heavy atom. The van der Waals surface area contributed by atoms with Crippen LogP contribution in [0, 0.1) is 0 Å². The number of nitrogens with zero attached hydrogens (tertiary/aromatic N) is 1. The van der Waals surface area contributed by atoms with Crippen molar-refractivity contribution in [2.24, 2.45) is 0 Å². The van der Waals surface area contributed by atoms with Crippen LogP contribution in [-0.2, 0) is 4.74 Å². The second-order valence-corrected chi connectivity index (χ2v) is 5.74. The van der Waals surface area contributed by atoms with Crippen LogP contribution in [-0.4, -0.2) is 37.0 Å². The predicted molar refractivity (Wildman–Crippen MR) is 71.3 cm³/mol. The van der Waals surface area contributed by atoms with Gasteiger partial charge in [0.25, 0.3) is 0 Å². The van der Waals surface area contributed by atoms with Crippen LogP contribution in [0.3, 0.4) is 0 Å². The summed E-state index contributed by atoms with van der Waals surface area (Å²) in [6, 6.07) is 6.91. The van der Waals surface area contributed by atoms with Crippen molar-refractivity contribution in [2.45, 2.75) is 17.4 Å². The third-order valence-electron chi connectivity index (χ3n) is 3.53. The van der Waals surface area contributed by atoms with Crippen LogP contribution in [0.1, 0.15) is 18.0 Å². The van der Waals surface area contributed by atoms with E-state index in [0.29, 0.717) is 6.04 Å². The SMILES string of the molecule is Nc1ccc2c(c1)SCCC2N1CCOCC1. The molecule has 0 aromatic heterocycles. The molecule has 1 fully saturated rings. The number of hydrogen-bond donors (Lipinski definition) is 1. The number of nitrogen functional groups attached to an aromatic ring is 1. The molecule has 92 valence electrons. The van der Waals surface area contributed by atoms with Gasteiger partial charge in [-0.05, 0) is 29.9 Å². The molecule has 0 radical (unpaired) electrons. The van der Waals surface area contributed by atoms with Gasteiger partial charge < -0.3 is 10.5 Å². The highest BCUT2D eigenvalue weighted by Crippen LogP contribution is 2.40. The van der Waals surface area contributed by atoms with Crippen LogP contribution in [0.5, 0.6) is 0 Å². The van der Waals surface area contributed by atoms with Gasteiger partial charge in [0.2, 0.25) is 0 Å². The minimum Gasteiger partial charge on any atom is -0.399 e. The van der Waals surface area contributed by atoms with E-state index in [-0.39, 0.29) is 0 Å². The fourth-order valence-corrected chi connectivity index (χ4v) is 3.81. The van der Waals surface area contributed by atoms with Crippen molar-refractivity contribution >= 4 is 17.4 Å². The Bertz CT molecular complexity index is 404. The number of thioether (sulfide) groups is 1. The van der Waals surface area contributed by atoms with E-state index in [9.17, 15) is 0 Å². The molecule has 1 unspecified atom stereocenters. The lowest BCUT2D eigenvalue weighted by atomic mass is 10.0. The van der Waals surface area contributed by atoms with Gasteiger partial charge in [0.1, 0.15) is 0 Å². The van der Waals surface area contributed by atoms with Crippen molar-refractivity contribution in [1.29, 1.82) is 0 Å². The van der Waals surface area contributed by atoms with Crippen LogP contribution in [0.15, 0.2) is 23.1 Å². The van der Waals surface area contributed by atoms with Gasteiger partial charge in [-0.1, -0.05) is 6.07 Å². The first-order valence-corrected chi connectivity index (χ1v) is 7.17. The van der Waals surface area contributed by atoms with E-state index in [1.54, 1.807) is 0 Å². The van der Waals surface area contributed by atoms with Crippen molar-refractivity contribution in [3.63, 3.8) is 0 Å². The average molecular weight is 250 g/mol. The molecule has 2 aliphatic heterocycles. The number of anilines is 1. The van der Waals surface area contributed by atoms with Crippen molar-refractivity contribution in [2.75, 3.05) is 37.8 Å². The van der Waals surface area contributed by atoms with Gasteiger partial charge in [0, 0.05) is 29.7 Å². The first-order chi connectivity index (χ1) is 8.34. The third-order valence-corrected chi connectivity index (χ3v) is 4.64. The maximum Gasteiger partial charge on any atom is 0.0594 e. The van der Waals surface area contributed by atoms with Crippen molar-refractivity contribution in [3.05, 3.63) is 23.8 Å². The van der Waals surface area contributed by atoms with Gasteiger partial charge in [-0.2, -0.15) is 0 Å². The predicted octanol–water partition coefficient (Wildman–Crippen LogP) is 2.14. The number of morpholine rings is 1. The smallest absolute Gasteiger partial charge is 0.0594 e. The molecule has 2 aliphatic rings. The first kappa shape index (κ1) is 11.4. The minimum absolute atomic E-state index is 0.566. The Balaban J connectivity index is 1.88. The molecule has 17 heavy (non-hydrogen) atoms. The highest BCUT2D eigenvalue weighted by Gasteiger charge is 2.27. The average Bonchev–Trinajstić information content (AvgIpc) is 2.39. The summed E-state index contributed by atoms with van der Waals surface area (Å²) in [4.78, 5) is 3.92. The molecular formula is C13H18N2OS. The highest BCUT2D eigenvalue weighted by atomic mass is 32.2. The Kier molecular flexibility index (Phi) is 3.27. The lowest BCUT2D eigenvalue weighted by Crippen LogP contribution is -2.40. The highest BCUT2D eigenvalue weighted by molar-refractivity contribution is 7.99. The molecule has 1 atom stereocenters. The van der Waals surface area contributed by atoms with Crippen LogP contribution >= 0.6 is 11.8 Å². The number of benzene rings is 1. The van der Waals surface area contributed by atoms with Gasteiger partial charge in [0.15, 0.2) is 0 Å². The standard InChI is InChI=1S/C13H18N2OS/c14-10-1-2-11-12(3-8-17-13(11)9-10)15-4-6-16-7-5-15/h1-2,9,12H,3-8,14H2. The van der Waals surface area contributed by atoms with E-state index in [0.717, 1.165) is 32.0 Å². The summed E-state index contributed by atoms with van der Waals surface area (Å²) in [6.07, 6.45) is 1.24. The summed E-state index contributed by atoms with van der Waals surface area (Å²) in [6.45, 7) is 3.85. The lowest BCUT2D eigenvalue weighted by molar-refractivity contribution is 0.0146. The zero-order valence-electron chi connectivity index (χ0n) is 9.89.